The number of nitrogen functional groups attached to an aromatic ring is 1. The van der Waals surface area contributed by atoms with Gasteiger partial charge in [-0.1, -0.05) is 55.8 Å². The van der Waals surface area contributed by atoms with Crippen molar-refractivity contribution in [1.29, 1.82) is 0 Å². The van der Waals surface area contributed by atoms with Crippen LogP contribution in [-0.2, 0) is 0 Å². The van der Waals surface area contributed by atoms with Gasteiger partial charge in [0.15, 0.2) is 5.65 Å². The van der Waals surface area contributed by atoms with E-state index >= 15 is 0 Å². The molecule has 0 aliphatic carbocycles. The van der Waals surface area contributed by atoms with Crippen molar-refractivity contribution in [2.75, 3.05) is 12.3 Å². The fraction of sp³-hybridized carbons (Fsp3) is 0.250. The van der Waals surface area contributed by atoms with E-state index in [0.717, 1.165) is 17.5 Å². The zero-order chi connectivity index (χ0) is 22.0. The highest BCUT2D eigenvalue weighted by molar-refractivity contribution is 6.10. The molecule has 7 heteroatoms. The minimum absolute atomic E-state index is 0.219. The maximum Gasteiger partial charge on any atom is 0.257 e. The van der Waals surface area contributed by atoms with Gasteiger partial charge in [-0.15, -0.1) is 0 Å². The van der Waals surface area contributed by atoms with Crippen molar-refractivity contribution in [2.24, 2.45) is 11.0 Å². The van der Waals surface area contributed by atoms with Crippen LogP contribution in [0.25, 0.3) is 22.2 Å². The second-order valence-corrected chi connectivity index (χ2v) is 8.05. The standard InChI is InChI=1S/C24H26N6O/c1-15(2)11-12-26-24(31)20-21-23(29-19-10-5-4-9-18(19)28-21)30(22(20)25)27-14-17-8-6-7-16(3)13-17/h4-10,13-15H,11-12,25H2,1-3H3,(H,26,31)/b27-14-. The first kappa shape index (κ1) is 20.5. The molecule has 2 aromatic heterocycles. The highest BCUT2D eigenvalue weighted by Crippen LogP contribution is 2.27. The van der Waals surface area contributed by atoms with Crippen molar-refractivity contribution >= 4 is 40.1 Å². The summed E-state index contributed by atoms with van der Waals surface area (Å²) in [6.45, 7) is 6.82. The Bertz CT molecular complexity index is 1290. The zero-order valence-corrected chi connectivity index (χ0v) is 18.0. The van der Waals surface area contributed by atoms with Gasteiger partial charge >= 0.3 is 0 Å². The molecule has 4 aromatic rings. The van der Waals surface area contributed by atoms with Gasteiger partial charge in [-0.05, 0) is 37.0 Å². The number of aryl methyl sites for hydroxylation is 1. The first-order chi connectivity index (χ1) is 14.9. The lowest BCUT2D eigenvalue weighted by molar-refractivity contribution is 0.0954. The van der Waals surface area contributed by atoms with Gasteiger partial charge in [0.05, 0.1) is 17.2 Å². The van der Waals surface area contributed by atoms with Gasteiger partial charge in [-0.25, -0.2) is 9.97 Å². The van der Waals surface area contributed by atoms with Crippen LogP contribution in [0.5, 0.6) is 0 Å². The third-order valence-electron chi connectivity index (χ3n) is 5.07. The summed E-state index contributed by atoms with van der Waals surface area (Å²) in [5.41, 5.74) is 11.1. The summed E-state index contributed by atoms with van der Waals surface area (Å²) < 4.78 is 1.49. The number of amides is 1. The molecule has 0 aliphatic heterocycles. The van der Waals surface area contributed by atoms with Gasteiger partial charge in [0, 0.05) is 6.54 Å². The van der Waals surface area contributed by atoms with Gasteiger partial charge in [-0.2, -0.15) is 9.78 Å². The fourth-order valence-corrected chi connectivity index (χ4v) is 3.43. The lowest BCUT2D eigenvalue weighted by Gasteiger charge is -2.07. The molecule has 0 bridgehead atoms. The summed E-state index contributed by atoms with van der Waals surface area (Å²) in [6.07, 6.45) is 2.59. The Balaban J connectivity index is 1.83. The number of carbonyl (C=O) groups is 1. The van der Waals surface area contributed by atoms with E-state index in [9.17, 15) is 4.79 Å². The molecule has 0 spiro atoms. The maximum atomic E-state index is 13.0. The minimum Gasteiger partial charge on any atom is -0.383 e. The van der Waals surface area contributed by atoms with Crippen molar-refractivity contribution < 1.29 is 4.79 Å². The molecule has 158 valence electrons. The third-order valence-corrected chi connectivity index (χ3v) is 5.07. The Morgan fingerprint density at radius 2 is 1.90 bits per heavy atom. The number of fused-ring (bicyclic) bond motifs is 2. The summed E-state index contributed by atoms with van der Waals surface area (Å²) in [4.78, 5) is 22.4. The van der Waals surface area contributed by atoms with E-state index in [2.05, 4.69) is 24.3 Å². The predicted octanol–water partition coefficient (Wildman–Crippen LogP) is 4.13. The summed E-state index contributed by atoms with van der Waals surface area (Å²) in [5, 5.41) is 7.50. The van der Waals surface area contributed by atoms with E-state index in [-0.39, 0.29) is 11.7 Å². The number of nitrogens with zero attached hydrogens (tertiary/aromatic N) is 4. The van der Waals surface area contributed by atoms with Gasteiger partial charge in [-0.3, -0.25) is 4.79 Å². The first-order valence-corrected chi connectivity index (χ1v) is 10.4. The molecule has 0 aliphatic rings. The number of hydrogen-bond donors (Lipinski definition) is 2. The van der Waals surface area contributed by atoms with Crippen LogP contribution in [0.15, 0.2) is 53.6 Å². The number of para-hydroxylation sites is 2. The van der Waals surface area contributed by atoms with E-state index in [4.69, 9.17) is 15.7 Å². The molecule has 0 radical (unpaired) electrons. The summed E-state index contributed by atoms with van der Waals surface area (Å²) in [7, 11) is 0. The summed E-state index contributed by atoms with van der Waals surface area (Å²) >= 11 is 0. The molecule has 31 heavy (non-hydrogen) atoms. The number of anilines is 1. The van der Waals surface area contributed by atoms with Crippen molar-refractivity contribution in [2.45, 2.75) is 27.2 Å². The number of carbonyl (C=O) groups excluding carboxylic acids is 1. The average Bonchev–Trinajstić information content (AvgIpc) is 3.00. The van der Waals surface area contributed by atoms with Crippen LogP contribution >= 0.6 is 0 Å². The molecular formula is C24H26N6O. The lowest BCUT2D eigenvalue weighted by Crippen LogP contribution is -2.26. The van der Waals surface area contributed by atoms with Crippen LogP contribution in [0.4, 0.5) is 5.82 Å². The fourth-order valence-electron chi connectivity index (χ4n) is 3.43. The van der Waals surface area contributed by atoms with E-state index in [1.165, 1.54) is 4.68 Å². The third kappa shape index (κ3) is 4.26. The highest BCUT2D eigenvalue weighted by atomic mass is 16.1. The number of nitrogens with one attached hydrogen (secondary N) is 1. The number of nitrogens with two attached hydrogens (primary N) is 1. The van der Waals surface area contributed by atoms with E-state index in [1.807, 2.05) is 55.5 Å². The second-order valence-electron chi connectivity index (χ2n) is 8.05. The van der Waals surface area contributed by atoms with Crippen LogP contribution < -0.4 is 11.1 Å². The lowest BCUT2D eigenvalue weighted by atomic mass is 10.1. The number of rotatable bonds is 6. The van der Waals surface area contributed by atoms with E-state index in [0.29, 0.717) is 40.2 Å². The van der Waals surface area contributed by atoms with Crippen LogP contribution in [0, 0.1) is 12.8 Å². The molecule has 2 heterocycles. The molecule has 2 aromatic carbocycles. The molecule has 3 N–H and O–H groups in total. The van der Waals surface area contributed by atoms with Gasteiger partial charge in [0.25, 0.3) is 5.91 Å². The monoisotopic (exact) mass is 414 g/mol. The van der Waals surface area contributed by atoms with Crippen LogP contribution in [0.1, 0.15) is 41.8 Å². The topological polar surface area (TPSA) is 98.2 Å². The molecule has 7 nitrogen and oxygen atoms in total. The molecule has 0 unspecified atom stereocenters. The Kier molecular flexibility index (Phi) is 5.66. The Labute approximate surface area is 181 Å². The van der Waals surface area contributed by atoms with Crippen LogP contribution in [0.2, 0.25) is 0 Å². The second kappa shape index (κ2) is 8.55. The largest absolute Gasteiger partial charge is 0.383 e. The van der Waals surface area contributed by atoms with Crippen molar-refractivity contribution in [3.05, 3.63) is 65.2 Å². The van der Waals surface area contributed by atoms with Gasteiger partial charge < -0.3 is 11.1 Å². The number of benzene rings is 2. The average molecular weight is 415 g/mol. The number of aromatic nitrogens is 3. The van der Waals surface area contributed by atoms with Crippen molar-refractivity contribution in [3.63, 3.8) is 0 Å². The van der Waals surface area contributed by atoms with E-state index < -0.39 is 0 Å². The minimum atomic E-state index is -0.266. The molecule has 0 saturated carbocycles. The van der Waals surface area contributed by atoms with Gasteiger partial charge in [0.1, 0.15) is 16.9 Å². The molecular weight excluding hydrogens is 388 g/mol. The first-order valence-electron chi connectivity index (χ1n) is 10.4. The summed E-state index contributed by atoms with van der Waals surface area (Å²) in [5.74, 6) is 0.440. The Morgan fingerprint density at radius 3 is 2.61 bits per heavy atom. The molecule has 0 atom stereocenters. The highest BCUT2D eigenvalue weighted by Gasteiger charge is 2.23. The zero-order valence-electron chi connectivity index (χ0n) is 18.0. The molecule has 0 fully saturated rings. The molecule has 4 rings (SSSR count). The predicted molar refractivity (Wildman–Crippen MR) is 125 cm³/mol. The van der Waals surface area contributed by atoms with Crippen LogP contribution in [-0.4, -0.2) is 33.3 Å². The normalized spacial score (nSPS) is 11.7. The smallest absolute Gasteiger partial charge is 0.257 e. The summed E-state index contributed by atoms with van der Waals surface area (Å²) in [6, 6.07) is 15.5. The van der Waals surface area contributed by atoms with Crippen LogP contribution in [0.3, 0.4) is 0 Å². The molecule has 0 saturated heterocycles. The molecule has 1 amide bonds. The van der Waals surface area contributed by atoms with E-state index in [1.54, 1.807) is 6.21 Å². The SMILES string of the molecule is Cc1cccc(/C=N\n2c(N)c(C(=O)NCCC(C)C)c3nc4ccccc4nc32)c1. The maximum absolute atomic E-state index is 13.0. The van der Waals surface area contributed by atoms with Crippen molar-refractivity contribution in [3.8, 4) is 0 Å². The number of hydrogen-bond acceptors (Lipinski definition) is 5. The quantitative estimate of drug-likeness (QED) is 0.463. The Morgan fingerprint density at radius 1 is 1.16 bits per heavy atom. The van der Waals surface area contributed by atoms with Crippen molar-refractivity contribution in [1.82, 2.24) is 20.0 Å². The Hall–Kier alpha value is -3.74. The van der Waals surface area contributed by atoms with Gasteiger partial charge in [0.2, 0.25) is 0 Å².